The highest BCUT2D eigenvalue weighted by Crippen LogP contribution is 2.12. The number of rotatable bonds is 8. The fourth-order valence-corrected chi connectivity index (χ4v) is 1.59. The largest absolute Gasteiger partial charge is 0.480 e. The number of benzene rings is 1. The van der Waals surface area contributed by atoms with Gasteiger partial charge in [-0.2, -0.15) is 0 Å². The molecule has 0 fully saturated rings. The predicted octanol–water partition coefficient (Wildman–Crippen LogP) is -0.0553. The number of hydrogen-bond acceptors (Lipinski definition) is 7. The minimum Gasteiger partial charge on any atom is -0.480 e. The Kier molecular flexibility index (Phi) is 6.80. The monoisotopic (exact) mass is 339 g/mol. The van der Waals surface area contributed by atoms with E-state index in [1.165, 1.54) is 31.2 Å². The van der Waals surface area contributed by atoms with Gasteiger partial charge in [0.05, 0.1) is 17.4 Å². The van der Waals surface area contributed by atoms with Gasteiger partial charge in [0.1, 0.15) is 12.6 Å². The number of hydrogen-bond donors (Lipinski definition) is 3. The van der Waals surface area contributed by atoms with Crippen molar-refractivity contribution < 1.29 is 29.2 Å². The lowest BCUT2D eigenvalue weighted by Gasteiger charge is -2.14. The highest BCUT2D eigenvalue weighted by atomic mass is 16.6. The Bertz CT molecular complexity index is 630. The molecule has 24 heavy (non-hydrogen) atoms. The van der Waals surface area contributed by atoms with Gasteiger partial charge in [-0.05, 0) is 24.6 Å². The first-order chi connectivity index (χ1) is 11.2. The summed E-state index contributed by atoms with van der Waals surface area (Å²) in [5.74, 6) is -2.76. The fourth-order valence-electron chi connectivity index (χ4n) is 1.59. The molecule has 0 saturated carbocycles. The van der Waals surface area contributed by atoms with Gasteiger partial charge in [0.15, 0.2) is 0 Å². The van der Waals surface area contributed by atoms with Crippen LogP contribution in [0.4, 0.5) is 5.69 Å². The molecule has 1 rings (SSSR count). The summed E-state index contributed by atoms with van der Waals surface area (Å²) < 4.78 is 4.92. The second-order valence-corrected chi connectivity index (χ2v) is 4.96. The Morgan fingerprint density at radius 3 is 2.42 bits per heavy atom. The van der Waals surface area contributed by atoms with Crippen molar-refractivity contribution in [1.29, 1.82) is 0 Å². The third kappa shape index (κ3) is 6.01. The normalized spacial score (nSPS) is 12.8. The molecule has 1 aromatic rings. The van der Waals surface area contributed by atoms with Gasteiger partial charge in [-0.25, -0.2) is 0 Å². The van der Waals surface area contributed by atoms with Gasteiger partial charge in [0.25, 0.3) is 5.69 Å². The summed E-state index contributed by atoms with van der Waals surface area (Å²) in [6.45, 7) is 1.14. The van der Waals surface area contributed by atoms with E-state index in [4.69, 9.17) is 15.6 Å². The van der Waals surface area contributed by atoms with Gasteiger partial charge in [0, 0.05) is 12.1 Å². The molecule has 0 bridgehead atoms. The van der Waals surface area contributed by atoms with Gasteiger partial charge < -0.3 is 20.9 Å². The zero-order valence-corrected chi connectivity index (χ0v) is 12.8. The van der Waals surface area contributed by atoms with Crippen LogP contribution in [-0.2, 0) is 25.7 Å². The second-order valence-electron chi connectivity index (χ2n) is 4.96. The quantitative estimate of drug-likeness (QED) is 0.337. The van der Waals surface area contributed by atoms with Crippen molar-refractivity contribution in [3.63, 3.8) is 0 Å². The second kappa shape index (κ2) is 8.58. The number of nitrogens with zero attached hydrogens (tertiary/aromatic N) is 1. The Morgan fingerprint density at radius 1 is 1.33 bits per heavy atom. The van der Waals surface area contributed by atoms with Crippen LogP contribution in [-0.4, -0.2) is 40.0 Å². The lowest BCUT2D eigenvalue weighted by molar-refractivity contribution is -0.384. The fraction of sp³-hybridized carbons (Fsp3) is 0.357. The first-order valence-electron chi connectivity index (χ1n) is 6.88. The van der Waals surface area contributed by atoms with Crippen molar-refractivity contribution in [2.75, 3.05) is 0 Å². The number of nitrogens with two attached hydrogens (primary N) is 1. The van der Waals surface area contributed by atoms with Gasteiger partial charge in [0.2, 0.25) is 5.91 Å². The molecule has 4 N–H and O–H groups in total. The van der Waals surface area contributed by atoms with E-state index in [2.05, 4.69) is 5.32 Å². The zero-order valence-electron chi connectivity index (χ0n) is 12.8. The summed E-state index contributed by atoms with van der Waals surface area (Å²) >= 11 is 0. The highest BCUT2D eigenvalue weighted by molar-refractivity contribution is 5.89. The lowest BCUT2D eigenvalue weighted by atomic mass is 10.2. The summed E-state index contributed by atoms with van der Waals surface area (Å²) in [5.41, 5.74) is 5.95. The third-order valence-corrected chi connectivity index (χ3v) is 3.00. The number of nitro benzene ring substituents is 1. The maximum Gasteiger partial charge on any atom is 0.325 e. The maximum absolute atomic E-state index is 11.6. The first kappa shape index (κ1) is 19.0. The van der Waals surface area contributed by atoms with E-state index < -0.39 is 41.3 Å². The molecule has 0 heterocycles. The molecule has 10 heteroatoms. The van der Waals surface area contributed by atoms with Crippen LogP contribution in [0.2, 0.25) is 0 Å². The van der Waals surface area contributed by atoms with E-state index in [0.29, 0.717) is 5.56 Å². The van der Waals surface area contributed by atoms with Gasteiger partial charge in [-0.15, -0.1) is 0 Å². The standard InChI is InChI=1S/C14H17N3O7/c1-8(14(20)21)16-13(19)11(15)6-12(18)24-7-9-2-4-10(5-3-9)17(22)23/h2-5,8,11H,6-7,15H2,1H3,(H,16,19)(H,20,21)/t8-,11+/m0/s1. The Morgan fingerprint density at radius 2 is 1.92 bits per heavy atom. The molecule has 0 saturated heterocycles. The molecule has 0 aromatic heterocycles. The van der Waals surface area contributed by atoms with Crippen molar-refractivity contribution in [3.8, 4) is 0 Å². The molecule has 0 spiro atoms. The average Bonchev–Trinajstić information content (AvgIpc) is 2.52. The van der Waals surface area contributed by atoms with Crippen LogP contribution in [0.5, 0.6) is 0 Å². The number of nitrogens with one attached hydrogen (secondary N) is 1. The van der Waals surface area contributed by atoms with Crippen LogP contribution in [0.1, 0.15) is 18.9 Å². The third-order valence-electron chi connectivity index (χ3n) is 3.00. The highest BCUT2D eigenvalue weighted by Gasteiger charge is 2.22. The molecular weight excluding hydrogens is 322 g/mol. The van der Waals surface area contributed by atoms with Crippen LogP contribution in [0, 0.1) is 10.1 Å². The smallest absolute Gasteiger partial charge is 0.325 e. The average molecular weight is 339 g/mol. The van der Waals surface area contributed by atoms with Crippen molar-refractivity contribution in [2.45, 2.75) is 32.0 Å². The molecule has 10 nitrogen and oxygen atoms in total. The number of carboxylic acid groups (broad SMARTS) is 1. The number of esters is 1. The van der Waals surface area contributed by atoms with Gasteiger partial charge in [-0.1, -0.05) is 0 Å². The molecule has 2 atom stereocenters. The van der Waals surface area contributed by atoms with Crippen molar-refractivity contribution in [2.24, 2.45) is 5.73 Å². The van der Waals surface area contributed by atoms with E-state index >= 15 is 0 Å². The first-order valence-corrected chi connectivity index (χ1v) is 6.88. The summed E-state index contributed by atoms with van der Waals surface area (Å²) in [6, 6.07) is 3.06. The maximum atomic E-state index is 11.6. The summed E-state index contributed by atoms with van der Waals surface area (Å²) in [7, 11) is 0. The summed E-state index contributed by atoms with van der Waals surface area (Å²) in [4.78, 5) is 43.8. The molecule has 1 amide bonds. The van der Waals surface area contributed by atoms with E-state index in [0.717, 1.165) is 0 Å². The van der Waals surface area contributed by atoms with Crippen molar-refractivity contribution in [1.82, 2.24) is 5.32 Å². The van der Waals surface area contributed by atoms with E-state index in [-0.39, 0.29) is 12.3 Å². The molecule has 0 aliphatic rings. The predicted molar refractivity (Wildman–Crippen MR) is 80.7 cm³/mol. The molecule has 130 valence electrons. The van der Waals surface area contributed by atoms with E-state index in [1.54, 1.807) is 0 Å². The Balaban J connectivity index is 2.43. The number of nitro groups is 1. The van der Waals surface area contributed by atoms with Gasteiger partial charge in [-0.3, -0.25) is 24.5 Å². The minimum absolute atomic E-state index is 0.0867. The van der Waals surface area contributed by atoms with Crippen LogP contribution in [0.15, 0.2) is 24.3 Å². The summed E-state index contributed by atoms with van der Waals surface area (Å²) in [6.07, 6.45) is -0.425. The number of carboxylic acids is 1. The minimum atomic E-state index is -1.24. The summed E-state index contributed by atoms with van der Waals surface area (Å²) in [5, 5.41) is 21.3. The molecule has 0 radical (unpaired) electrons. The van der Waals surface area contributed by atoms with Crippen molar-refractivity contribution >= 4 is 23.5 Å². The van der Waals surface area contributed by atoms with Crippen LogP contribution in [0.25, 0.3) is 0 Å². The molecule has 0 aliphatic carbocycles. The van der Waals surface area contributed by atoms with E-state index in [1.807, 2.05) is 0 Å². The van der Waals surface area contributed by atoms with Crippen LogP contribution in [0.3, 0.4) is 0 Å². The number of amides is 1. The molecule has 0 unspecified atom stereocenters. The number of aliphatic carboxylic acids is 1. The molecule has 0 aliphatic heterocycles. The molecular formula is C14H17N3O7. The number of non-ortho nitro benzene ring substituents is 1. The Labute approximate surface area is 136 Å². The Hall–Kier alpha value is -3.01. The molecule has 1 aromatic carbocycles. The number of ether oxygens (including phenoxy) is 1. The SMILES string of the molecule is C[C@H](NC(=O)[C@H](N)CC(=O)OCc1ccc([N+](=O)[O-])cc1)C(=O)O. The lowest BCUT2D eigenvalue weighted by Crippen LogP contribution is -2.48. The van der Waals surface area contributed by atoms with Crippen molar-refractivity contribution in [3.05, 3.63) is 39.9 Å². The van der Waals surface area contributed by atoms with Crippen LogP contribution < -0.4 is 11.1 Å². The van der Waals surface area contributed by atoms with E-state index in [9.17, 15) is 24.5 Å². The number of carbonyl (C=O) groups excluding carboxylic acids is 2. The topological polar surface area (TPSA) is 162 Å². The number of carbonyl (C=O) groups is 3. The zero-order chi connectivity index (χ0) is 18.3. The van der Waals surface area contributed by atoms with Crippen LogP contribution >= 0.6 is 0 Å². The van der Waals surface area contributed by atoms with Gasteiger partial charge >= 0.3 is 11.9 Å².